The first-order valence-electron chi connectivity index (χ1n) is 5.39. The Morgan fingerprint density at radius 1 is 1.29 bits per heavy atom. The summed E-state index contributed by atoms with van der Waals surface area (Å²) in [6.07, 6.45) is 4.92. The zero-order valence-corrected chi connectivity index (χ0v) is 8.90. The summed E-state index contributed by atoms with van der Waals surface area (Å²) in [7, 11) is 0. The summed E-state index contributed by atoms with van der Waals surface area (Å²) in [5.41, 5.74) is 4.28. The zero-order valence-electron chi connectivity index (χ0n) is 8.15. The van der Waals surface area contributed by atoms with Gasteiger partial charge in [0.2, 0.25) is 0 Å². The average molecular weight is 208 g/mol. The van der Waals surface area contributed by atoms with Crippen molar-refractivity contribution in [2.24, 2.45) is 0 Å². The van der Waals surface area contributed by atoms with E-state index in [1.165, 1.54) is 42.4 Å². The van der Waals surface area contributed by atoms with Crippen molar-refractivity contribution < 1.29 is 0 Å². The molecule has 1 aliphatic carbocycles. The van der Waals surface area contributed by atoms with Crippen LogP contribution < -0.4 is 5.32 Å². The molecule has 0 amide bonds. The van der Waals surface area contributed by atoms with E-state index in [1.54, 1.807) is 0 Å². The maximum absolute atomic E-state index is 6.27. The molecular formula is C12H14ClN. The molecule has 1 N–H and O–H groups in total. The number of fused-ring (bicyclic) bond motifs is 1. The predicted octanol–water partition coefficient (Wildman–Crippen LogP) is 2.86. The van der Waals surface area contributed by atoms with Crippen LogP contribution in [-0.4, -0.2) is 6.54 Å². The van der Waals surface area contributed by atoms with Crippen molar-refractivity contribution in [3.63, 3.8) is 0 Å². The van der Waals surface area contributed by atoms with Crippen molar-refractivity contribution in [2.75, 3.05) is 6.54 Å². The van der Waals surface area contributed by atoms with Gasteiger partial charge in [-0.05, 0) is 55.0 Å². The van der Waals surface area contributed by atoms with Crippen molar-refractivity contribution in [3.8, 4) is 0 Å². The Bertz CT molecular complexity index is 369. The Balaban J connectivity index is 2.02. The van der Waals surface area contributed by atoms with Crippen LogP contribution in [0.4, 0.5) is 0 Å². The van der Waals surface area contributed by atoms with Crippen LogP contribution in [0.3, 0.4) is 0 Å². The van der Waals surface area contributed by atoms with Crippen molar-refractivity contribution in [1.82, 2.24) is 5.32 Å². The molecule has 14 heavy (non-hydrogen) atoms. The van der Waals surface area contributed by atoms with Crippen LogP contribution in [0.5, 0.6) is 0 Å². The fraction of sp³-hybridized carbons (Fsp3) is 0.500. The molecule has 3 rings (SSSR count). The third-order valence-corrected chi connectivity index (χ3v) is 3.75. The normalized spacial score (nSPS) is 24.5. The van der Waals surface area contributed by atoms with Gasteiger partial charge in [-0.1, -0.05) is 17.7 Å². The lowest BCUT2D eigenvalue weighted by Crippen LogP contribution is -2.34. The molecule has 1 nitrogen and oxygen atoms in total. The molecule has 1 aliphatic heterocycles. The van der Waals surface area contributed by atoms with Crippen molar-refractivity contribution in [3.05, 3.63) is 33.8 Å². The fourth-order valence-corrected chi connectivity index (χ4v) is 2.79. The highest BCUT2D eigenvalue weighted by atomic mass is 35.5. The van der Waals surface area contributed by atoms with Crippen LogP contribution in [0.2, 0.25) is 5.02 Å². The van der Waals surface area contributed by atoms with Gasteiger partial charge in [-0.3, -0.25) is 0 Å². The van der Waals surface area contributed by atoms with Gasteiger partial charge in [0.1, 0.15) is 0 Å². The summed E-state index contributed by atoms with van der Waals surface area (Å²) in [4.78, 5) is 0. The summed E-state index contributed by atoms with van der Waals surface area (Å²) in [6, 6.07) is 5.08. The minimum Gasteiger partial charge on any atom is -0.310 e. The first-order chi connectivity index (χ1) is 6.84. The number of rotatable bonds is 1. The van der Waals surface area contributed by atoms with Crippen LogP contribution in [0.1, 0.15) is 35.6 Å². The number of halogens is 1. The van der Waals surface area contributed by atoms with Gasteiger partial charge in [-0.25, -0.2) is 0 Å². The largest absolute Gasteiger partial charge is 0.310 e. The second-order valence-electron chi connectivity index (χ2n) is 4.29. The highest BCUT2D eigenvalue weighted by Crippen LogP contribution is 2.34. The van der Waals surface area contributed by atoms with Gasteiger partial charge in [0.15, 0.2) is 0 Å². The Morgan fingerprint density at radius 3 is 2.86 bits per heavy atom. The molecule has 0 unspecified atom stereocenters. The van der Waals surface area contributed by atoms with Gasteiger partial charge < -0.3 is 5.32 Å². The molecule has 2 heteroatoms. The van der Waals surface area contributed by atoms with Crippen LogP contribution in [-0.2, 0) is 12.8 Å². The number of nitrogens with one attached hydrogen (secondary N) is 1. The third-order valence-electron chi connectivity index (χ3n) is 3.41. The van der Waals surface area contributed by atoms with Crippen LogP contribution >= 0.6 is 11.6 Å². The van der Waals surface area contributed by atoms with E-state index < -0.39 is 0 Å². The van der Waals surface area contributed by atoms with E-state index in [2.05, 4.69) is 17.4 Å². The number of benzene rings is 1. The molecular weight excluding hydrogens is 194 g/mol. The molecule has 0 saturated carbocycles. The first-order valence-corrected chi connectivity index (χ1v) is 5.77. The van der Waals surface area contributed by atoms with Gasteiger partial charge in [-0.15, -0.1) is 0 Å². The number of hydrogen-bond donors (Lipinski definition) is 1. The van der Waals surface area contributed by atoms with Crippen molar-refractivity contribution >= 4 is 11.6 Å². The quantitative estimate of drug-likeness (QED) is 0.747. The lowest BCUT2D eigenvalue weighted by molar-refractivity contribution is 0.383. The fourth-order valence-electron chi connectivity index (χ4n) is 2.45. The molecule has 1 aromatic rings. The Morgan fingerprint density at radius 2 is 2.14 bits per heavy atom. The smallest absolute Gasteiger partial charge is 0.0444 e. The summed E-state index contributed by atoms with van der Waals surface area (Å²) in [5.74, 6) is 0. The molecule has 0 bridgehead atoms. The molecule has 0 aromatic heterocycles. The molecule has 1 heterocycles. The molecule has 0 radical (unpaired) electrons. The van der Waals surface area contributed by atoms with E-state index in [-0.39, 0.29) is 0 Å². The molecule has 74 valence electrons. The van der Waals surface area contributed by atoms with Gasteiger partial charge in [0.05, 0.1) is 0 Å². The summed E-state index contributed by atoms with van der Waals surface area (Å²) in [5, 5.41) is 4.41. The minimum atomic E-state index is 0.568. The van der Waals surface area contributed by atoms with Crippen molar-refractivity contribution in [1.29, 1.82) is 0 Å². The summed E-state index contributed by atoms with van der Waals surface area (Å²) in [6.45, 7) is 1.15. The monoisotopic (exact) mass is 207 g/mol. The van der Waals surface area contributed by atoms with Crippen LogP contribution in [0.25, 0.3) is 0 Å². The summed E-state index contributed by atoms with van der Waals surface area (Å²) < 4.78 is 0. The first kappa shape index (κ1) is 8.75. The zero-order chi connectivity index (χ0) is 9.54. The predicted molar refractivity (Wildman–Crippen MR) is 58.8 cm³/mol. The Hall–Kier alpha value is -0.530. The van der Waals surface area contributed by atoms with Gasteiger partial charge in [0.25, 0.3) is 0 Å². The molecule has 2 aliphatic rings. The lowest BCUT2D eigenvalue weighted by Gasteiger charge is -2.28. The lowest BCUT2D eigenvalue weighted by atomic mass is 9.95. The molecule has 1 fully saturated rings. The molecule has 1 atom stereocenters. The van der Waals surface area contributed by atoms with Gasteiger partial charge in [-0.2, -0.15) is 0 Å². The highest BCUT2D eigenvalue weighted by Gasteiger charge is 2.22. The van der Waals surface area contributed by atoms with E-state index in [0.717, 1.165) is 11.6 Å². The van der Waals surface area contributed by atoms with Crippen LogP contribution in [0, 0.1) is 0 Å². The second kappa shape index (κ2) is 3.25. The van der Waals surface area contributed by atoms with E-state index in [1.807, 2.05) is 0 Å². The van der Waals surface area contributed by atoms with Crippen molar-refractivity contribution in [2.45, 2.75) is 31.7 Å². The van der Waals surface area contributed by atoms with E-state index in [0.29, 0.717) is 6.04 Å². The number of aryl methyl sites for hydroxylation is 1. The minimum absolute atomic E-state index is 0.568. The van der Waals surface area contributed by atoms with E-state index in [9.17, 15) is 0 Å². The van der Waals surface area contributed by atoms with E-state index in [4.69, 9.17) is 11.6 Å². The van der Waals surface area contributed by atoms with Gasteiger partial charge >= 0.3 is 0 Å². The highest BCUT2D eigenvalue weighted by molar-refractivity contribution is 6.31. The molecule has 1 aromatic carbocycles. The average Bonchev–Trinajstić information content (AvgIpc) is 2.48. The topological polar surface area (TPSA) is 12.0 Å². The maximum atomic E-state index is 6.27. The van der Waals surface area contributed by atoms with E-state index >= 15 is 0 Å². The SMILES string of the molecule is Clc1cc([C@@H]2CCN2)cc2c1CCC2. The number of hydrogen-bond acceptors (Lipinski definition) is 1. The third kappa shape index (κ3) is 1.27. The summed E-state index contributed by atoms with van der Waals surface area (Å²) >= 11 is 6.27. The van der Waals surface area contributed by atoms with Gasteiger partial charge in [0, 0.05) is 11.1 Å². The van der Waals surface area contributed by atoms with Crippen LogP contribution in [0.15, 0.2) is 12.1 Å². The Labute approximate surface area is 89.5 Å². The second-order valence-corrected chi connectivity index (χ2v) is 4.70. The molecule has 0 spiro atoms. The molecule has 1 saturated heterocycles. The standard InChI is InChI=1S/C12H14ClN/c13-11-7-9(12-4-5-14-12)6-8-2-1-3-10(8)11/h6-7,12,14H,1-5H2/t12-/m0/s1. The maximum Gasteiger partial charge on any atom is 0.0444 e. The Kier molecular flexibility index (Phi) is 2.03.